The first kappa shape index (κ1) is 17.7. The number of hydrogen-bond donors (Lipinski definition) is 1. The van der Waals surface area contributed by atoms with E-state index in [4.69, 9.17) is 5.11 Å². The molecule has 0 aliphatic carbocycles. The number of aromatic carboxylic acids is 1. The summed E-state index contributed by atoms with van der Waals surface area (Å²) >= 11 is 0. The van der Waals surface area contributed by atoms with Crippen LogP contribution in [0.15, 0.2) is 58.8 Å². The molecule has 5 heteroatoms. The molecule has 0 heterocycles. The average Bonchev–Trinajstić information content (AvgIpc) is 2.52. The molecule has 0 spiro atoms. The van der Waals surface area contributed by atoms with Crippen LogP contribution in [0.5, 0.6) is 0 Å². The van der Waals surface area contributed by atoms with Crippen LogP contribution in [0, 0.1) is 5.41 Å². The van der Waals surface area contributed by atoms with Gasteiger partial charge in [-0.3, -0.25) is 0 Å². The van der Waals surface area contributed by atoms with Crippen LogP contribution in [0.1, 0.15) is 31.1 Å². The van der Waals surface area contributed by atoms with E-state index in [1.54, 1.807) is 18.2 Å². The maximum Gasteiger partial charge on any atom is 0.337 e. The van der Waals surface area contributed by atoms with Crippen LogP contribution < -0.4 is 4.90 Å². The molecule has 126 valence electrons. The van der Waals surface area contributed by atoms with Gasteiger partial charge in [-0.2, -0.15) is 5.11 Å². The molecule has 0 aliphatic rings. The highest BCUT2D eigenvalue weighted by atomic mass is 16.4. The van der Waals surface area contributed by atoms with Crippen LogP contribution in [0.3, 0.4) is 0 Å². The zero-order valence-electron chi connectivity index (χ0n) is 14.5. The molecule has 0 bridgehead atoms. The Morgan fingerprint density at radius 1 is 1.04 bits per heavy atom. The van der Waals surface area contributed by atoms with Crippen molar-refractivity contribution in [2.45, 2.75) is 20.8 Å². The summed E-state index contributed by atoms with van der Waals surface area (Å²) in [7, 11) is 2.06. The number of carboxylic acids is 1. The van der Waals surface area contributed by atoms with Crippen molar-refractivity contribution in [3.05, 3.63) is 54.1 Å². The lowest BCUT2D eigenvalue weighted by Gasteiger charge is -2.28. The molecule has 0 aromatic heterocycles. The van der Waals surface area contributed by atoms with E-state index in [1.807, 2.05) is 24.3 Å². The molecule has 0 amide bonds. The summed E-state index contributed by atoms with van der Waals surface area (Å²) in [6.45, 7) is 7.55. The molecule has 2 aromatic rings. The minimum atomic E-state index is -1.01. The highest BCUT2D eigenvalue weighted by molar-refractivity contribution is 5.93. The van der Waals surface area contributed by atoms with Gasteiger partial charge in [-0.25, -0.2) is 4.79 Å². The third-order valence-electron chi connectivity index (χ3n) is 3.41. The van der Waals surface area contributed by atoms with Crippen molar-refractivity contribution in [1.29, 1.82) is 0 Å². The van der Waals surface area contributed by atoms with Crippen molar-refractivity contribution in [3.8, 4) is 0 Å². The lowest BCUT2D eigenvalue weighted by Crippen LogP contribution is -2.28. The first-order valence-electron chi connectivity index (χ1n) is 7.81. The van der Waals surface area contributed by atoms with Gasteiger partial charge in [0.1, 0.15) is 5.69 Å². The van der Waals surface area contributed by atoms with Crippen LogP contribution in [0.4, 0.5) is 17.1 Å². The van der Waals surface area contributed by atoms with Crippen molar-refractivity contribution < 1.29 is 9.90 Å². The summed E-state index contributed by atoms with van der Waals surface area (Å²) in [5.41, 5.74) is 2.49. The summed E-state index contributed by atoms with van der Waals surface area (Å²) in [6.07, 6.45) is 0. The van der Waals surface area contributed by atoms with Gasteiger partial charge in [-0.15, -0.1) is 5.11 Å². The normalized spacial score (nSPS) is 11.7. The fraction of sp³-hybridized carbons (Fsp3) is 0.316. The van der Waals surface area contributed by atoms with Gasteiger partial charge in [0.2, 0.25) is 0 Å². The number of nitrogens with zero attached hydrogens (tertiary/aromatic N) is 3. The fourth-order valence-electron chi connectivity index (χ4n) is 2.43. The van der Waals surface area contributed by atoms with Crippen LogP contribution in [-0.4, -0.2) is 24.7 Å². The molecule has 5 nitrogen and oxygen atoms in total. The average molecular weight is 325 g/mol. The maximum absolute atomic E-state index is 11.2. The van der Waals surface area contributed by atoms with Gasteiger partial charge in [-0.1, -0.05) is 32.9 Å². The Labute approximate surface area is 142 Å². The molecular weight excluding hydrogens is 302 g/mol. The Balaban J connectivity index is 2.13. The number of anilines is 1. The fourth-order valence-corrected chi connectivity index (χ4v) is 2.43. The third kappa shape index (κ3) is 4.91. The van der Waals surface area contributed by atoms with E-state index in [1.165, 1.54) is 6.07 Å². The molecule has 0 atom stereocenters. The number of hydrogen-bond acceptors (Lipinski definition) is 4. The second kappa shape index (κ2) is 7.25. The largest absolute Gasteiger partial charge is 0.478 e. The van der Waals surface area contributed by atoms with Crippen molar-refractivity contribution in [2.24, 2.45) is 15.6 Å². The quantitative estimate of drug-likeness (QED) is 0.760. The van der Waals surface area contributed by atoms with E-state index in [2.05, 4.69) is 42.9 Å². The first-order valence-corrected chi connectivity index (χ1v) is 7.81. The minimum absolute atomic E-state index is 0.141. The molecular formula is C19H23N3O2. The van der Waals surface area contributed by atoms with Gasteiger partial charge in [0.15, 0.2) is 0 Å². The van der Waals surface area contributed by atoms with E-state index < -0.39 is 5.97 Å². The topological polar surface area (TPSA) is 65.3 Å². The lowest BCUT2D eigenvalue weighted by atomic mass is 9.96. The van der Waals surface area contributed by atoms with Gasteiger partial charge in [0.25, 0.3) is 0 Å². The minimum Gasteiger partial charge on any atom is -0.478 e. The predicted octanol–water partition coefficient (Wildman–Crippen LogP) is 5.28. The summed E-state index contributed by atoms with van der Waals surface area (Å²) in [5, 5.41) is 17.3. The Kier molecular flexibility index (Phi) is 5.34. The van der Waals surface area contributed by atoms with Crippen molar-refractivity contribution >= 4 is 23.0 Å². The van der Waals surface area contributed by atoms with Crippen molar-refractivity contribution in [2.75, 3.05) is 18.5 Å². The molecule has 2 rings (SSSR count). The molecule has 0 unspecified atom stereocenters. The second-order valence-corrected chi connectivity index (χ2v) is 6.96. The highest BCUT2D eigenvalue weighted by Gasteiger charge is 2.13. The smallest absolute Gasteiger partial charge is 0.337 e. The monoisotopic (exact) mass is 325 g/mol. The zero-order chi connectivity index (χ0) is 17.7. The molecule has 1 N–H and O–H groups in total. The second-order valence-electron chi connectivity index (χ2n) is 6.96. The Morgan fingerprint density at radius 2 is 1.67 bits per heavy atom. The molecule has 0 fully saturated rings. The zero-order valence-corrected chi connectivity index (χ0v) is 14.5. The SMILES string of the molecule is CN(CC(C)(C)C)c1ccc(N=Nc2ccccc2C(=O)O)cc1. The van der Waals surface area contributed by atoms with Gasteiger partial charge >= 0.3 is 5.97 Å². The van der Waals surface area contributed by atoms with Crippen LogP contribution in [0.2, 0.25) is 0 Å². The summed E-state index contributed by atoms with van der Waals surface area (Å²) in [6, 6.07) is 14.3. The van der Waals surface area contributed by atoms with Crippen molar-refractivity contribution in [3.63, 3.8) is 0 Å². The van der Waals surface area contributed by atoms with E-state index in [-0.39, 0.29) is 11.0 Å². The van der Waals surface area contributed by atoms with Gasteiger partial charge in [0, 0.05) is 19.3 Å². The Morgan fingerprint density at radius 3 is 2.25 bits per heavy atom. The molecule has 0 saturated heterocycles. The van der Waals surface area contributed by atoms with Gasteiger partial charge < -0.3 is 10.0 Å². The van der Waals surface area contributed by atoms with Crippen molar-refractivity contribution in [1.82, 2.24) is 0 Å². The summed E-state index contributed by atoms with van der Waals surface area (Å²) in [5.74, 6) is -1.01. The van der Waals surface area contributed by atoms with E-state index in [9.17, 15) is 4.79 Å². The van der Waals surface area contributed by atoms with E-state index in [0.29, 0.717) is 11.4 Å². The Bertz CT molecular complexity index is 731. The Hall–Kier alpha value is -2.69. The number of carboxylic acid groups (broad SMARTS) is 1. The molecule has 0 aliphatic heterocycles. The number of rotatable bonds is 5. The summed E-state index contributed by atoms with van der Waals surface area (Å²) < 4.78 is 0. The van der Waals surface area contributed by atoms with Crippen LogP contribution in [-0.2, 0) is 0 Å². The summed E-state index contributed by atoms with van der Waals surface area (Å²) in [4.78, 5) is 13.4. The molecule has 0 radical (unpaired) electrons. The number of azo groups is 1. The van der Waals surface area contributed by atoms with Crippen LogP contribution in [0.25, 0.3) is 0 Å². The third-order valence-corrected chi connectivity index (χ3v) is 3.41. The lowest BCUT2D eigenvalue weighted by molar-refractivity contribution is 0.0697. The van der Waals surface area contributed by atoms with Gasteiger partial charge in [0.05, 0.1) is 11.3 Å². The van der Waals surface area contributed by atoms with Crippen LogP contribution >= 0.6 is 0 Å². The number of benzene rings is 2. The van der Waals surface area contributed by atoms with E-state index >= 15 is 0 Å². The molecule has 2 aromatic carbocycles. The molecule has 0 saturated carbocycles. The van der Waals surface area contributed by atoms with E-state index in [0.717, 1.165) is 12.2 Å². The highest BCUT2D eigenvalue weighted by Crippen LogP contribution is 2.25. The predicted molar refractivity (Wildman–Crippen MR) is 96.7 cm³/mol. The first-order chi connectivity index (χ1) is 11.3. The van der Waals surface area contributed by atoms with Gasteiger partial charge in [-0.05, 0) is 41.8 Å². The molecule has 24 heavy (non-hydrogen) atoms. The standard InChI is InChI=1S/C19H23N3O2/c1-19(2,3)13-22(4)15-11-9-14(10-12-15)20-21-17-8-6-5-7-16(17)18(23)24/h5-12H,13H2,1-4H3,(H,23,24). The maximum atomic E-state index is 11.2. The number of carbonyl (C=O) groups is 1.